The summed E-state index contributed by atoms with van der Waals surface area (Å²) in [7, 11) is 0. The Bertz CT molecular complexity index is 502. The van der Waals surface area contributed by atoms with E-state index in [0.29, 0.717) is 19.3 Å². The minimum Gasteiger partial charge on any atom is -0.382 e. The summed E-state index contributed by atoms with van der Waals surface area (Å²) in [5, 5.41) is 11.4. The Morgan fingerprint density at radius 3 is 0.875 bits per heavy atom. The van der Waals surface area contributed by atoms with Crippen LogP contribution in [0.2, 0.25) is 0 Å². The SMILES string of the molecule is CCCCCCCCCCCCCCCCCC(=O)C(O)(CCCCCCCC)CCCCCCCCCCC. The lowest BCUT2D eigenvalue weighted by Crippen LogP contribution is -2.38. The molecule has 0 saturated carbocycles. The standard InChI is InChI=1S/C38H76O2/c1-4-7-10-13-16-18-19-20-21-22-23-24-26-28-31-34-37(39)38(40,35-32-29-15-12-9-6-3)36-33-30-27-25-17-14-11-8-5-2/h40H,4-36H2,1-3H3. The average molecular weight is 565 g/mol. The molecule has 2 nitrogen and oxygen atoms in total. The van der Waals surface area contributed by atoms with Crippen molar-refractivity contribution in [2.45, 2.75) is 238 Å². The number of hydrogen-bond acceptors (Lipinski definition) is 2. The van der Waals surface area contributed by atoms with Crippen molar-refractivity contribution in [2.24, 2.45) is 0 Å². The molecule has 1 unspecified atom stereocenters. The second kappa shape index (κ2) is 31.6. The van der Waals surface area contributed by atoms with Crippen molar-refractivity contribution < 1.29 is 9.90 Å². The molecule has 2 heteroatoms. The Morgan fingerprint density at radius 1 is 0.375 bits per heavy atom. The molecule has 0 amide bonds. The minimum atomic E-state index is -1.05. The molecule has 0 fully saturated rings. The summed E-state index contributed by atoms with van der Waals surface area (Å²) in [6.07, 6.45) is 40.9. The van der Waals surface area contributed by atoms with E-state index in [4.69, 9.17) is 0 Å². The fraction of sp³-hybridized carbons (Fsp3) is 0.974. The molecule has 40 heavy (non-hydrogen) atoms. The summed E-state index contributed by atoms with van der Waals surface area (Å²) in [6.45, 7) is 6.81. The van der Waals surface area contributed by atoms with E-state index in [1.807, 2.05) is 0 Å². The topological polar surface area (TPSA) is 37.3 Å². The van der Waals surface area contributed by atoms with Crippen molar-refractivity contribution in [3.05, 3.63) is 0 Å². The summed E-state index contributed by atoms with van der Waals surface area (Å²) in [6, 6.07) is 0. The maximum absolute atomic E-state index is 13.2. The van der Waals surface area contributed by atoms with E-state index in [-0.39, 0.29) is 5.78 Å². The van der Waals surface area contributed by atoms with Gasteiger partial charge in [-0.1, -0.05) is 207 Å². The normalized spacial score (nSPS) is 13.1. The van der Waals surface area contributed by atoms with E-state index < -0.39 is 5.60 Å². The number of unbranched alkanes of at least 4 members (excludes halogenated alkanes) is 27. The second-order valence-electron chi connectivity index (χ2n) is 13.3. The number of hydrogen-bond donors (Lipinski definition) is 1. The maximum Gasteiger partial charge on any atom is 0.164 e. The maximum atomic E-state index is 13.2. The quantitative estimate of drug-likeness (QED) is 0.0789. The van der Waals surface area contributed by atoms with Gasteiger partial charge in [0.2, 0.25) is 0 Å². The number of Topliss-reactive ketones (excluding diaryl/α,β-unsaturated/α-hetero) is 1. The Labute approximate surface area is 253 Å². The molecule has 1 atom stereocenters. The zero-order valence-corrected chi connectivity index (χ0v) is 28.2. The monoisotopic (exact) mass is 565 g/mol. The molecule has 0 aliphatic carbocycles. The first-order chi connectivity index (χ1) is 19.6. The molecule has 0 aliphatic rings. The molecule has 0 aromatic carbocycles. The van der Waals surface area contributed by atoms with E-state index in [2.05, 4.69) is 20.8 Å². The van der Waals surface area contributed by atoms with Gasteiger partial charge >= 0.3 is 0 Å². The molecule has 0 aromatic heterocycles. The summed E-state index contributed by atoms with van der Waals surface area (Å²) in [5.74, 6) is 0.148. The molecular weight excluding hydrogens is 488 g/mol. The Balaban J connectivity index is 4.04. The van der Waals surface area contributed by atoms with Crippen LogP contribution in [0.1, 0.15) is 233 Å². The average Bonchev–Trinajstić information content (AvgIpc) is 2.96. The predicted octanol–water partition coefficient (Wildman–Crippen LogP) is 13.2. The highest BCUT2D eigenvalue weighted by atomic mass is 16.3. The van der Waals surface area contributed by atoms with Crippen LogP contribution >= 0.6 is 0 Å². The Kier molecular flexibility index (Phi) is 31.3. The smallest absolute Gasteiger partial charge is 0.164 e. The summed E-state index contributed by atoms with van der Waals surface area (Å²) < 4.78 is 0. The molecule has 0 heterocycles. The van der Waals surface area contributed by atoms with Crippen LogP contribution in [0, 0.1) is 0 Å². The Morgan fingerprint density at radius 2 is 0.600 bits per heavy atom. The first kappa shape index (κ1) is 39.6. The third kappa shape index (κ3) is 26.5. The van der Waals surface area contributed by atoms with Gasteiger partial charge < -0.3 is 5.11 Å². The summed E-state index contributed by atoms with van der Waals surface area (Å²) in [5.41, 5.74) is -1.05. The fourth-order valence-corrected chi connectivity index (χ4v) is 6.22. The van der Waals surface area contributed by atoms with Crippen molar-refractivity contribution in [3.8, 4) is 0 Å². The lowest BCUT2D eigenvalue weighted by atomic mass is 9.84. The van der Waals surface area contributed by atoms with Crippen LogP contribution in [0.15, 0.2) is 0 Å². The number of rotatable bonds is 34. The van der Waals surface area contributed by atoms with Crippen molar-refractivity contribution in [2.75, 3.05) is 0 Å². The van der Waals surface area contributed by atoms with Gasteiger partial charge in [0.15, 0.2) is 5.78 Å². The number of aliphatic hydroxyl groups is 1. The van der Waals surface area contributed by atoms with Crippen LogP contribution in [-0.2, 0) is 4.79 Å². The Hall–Kier alpha value is -0.370. The molecule has 0 aromatic rings. The van der Waals surface area contributed by atoms with Gasteiger partial charge in [-0.3, -0.25) is 4.79 Å². The van der Waals surface area contributed by atoms with Gasteiger partial charge in [0.05, 0.1) is 0 Å². The van der Waals surface area contributed by atoms with Gasteiger partial charge in [-0.2, -0.15) is 0 Å². The van der Waals surface area contributed by atoms with Gasteiger partial charge in [0.1, 0.15) is 5.60 Å². The lowest BCUT2D eigenvalue weighted by molar-refractivity contribution is -0.139. The van der Waals surface area contributed by atoms with Crippen molar-refractivity contribution in [1.82, 2.24) is 0 Å². The molecule has 0 saturated heterocycles. The zero-order chi connectivity index (χ0) is 29.4. The van der Waals surface area contributed by atoms with Crippen LogP contribution in [0.4, 0.5) is 0 Å². The van der Waals surface area contributed by atoms with E-state index in [0.717, 1.165) is 32.1 Å². The molecule has 0 spiro atoms. The van der Waals surface area contributed by atoms with E-state index in [9.17, 15) is 9.90 Å². The minimum absolute atomic E-state index is 0.148. The van der Waals surface area contributed by atoms with Crippen molar-refractivity contribution in [1.29, 1.82) is 0 Å². The highest BCUT2D eigenvalue weighted by molar-refractivity contribution is 5.86. The van der Waals surface area contributed by atoms with Gasteiger partial charge in [0, 0.05) is 6.42 Å². The van der Waals surface area contributed by atoms with Crippen LogP contribution in [0.5, 0.6) is 0 Å². The highest BCUT2D eigenvalue weighted by Crippen LogP contribution is 2.27. The number of carbonyl (C=O) groups excluding carboxylic acids is 1. The van der Waals surface area contributed by atoms with E-state index in [1.54, 1.807) is 0 Å². The first-order valence-electron chi connectivity index (χ1n) is 18.9. The van der Waals surface area contributed by atoms with E-state index in [1.165, 1.54) is 161 Å². The third-order valence-corrected chi connectivity index (χ3v) is 9.16. The van der Waals surface area contributed by atoms with Gasteiger partial charge in [-0.15, -0.1) is 0 Å². The van der Waals surface area contributed by atoms with Crippen LogP contribution in [0.25, 0.3) is 0 Å². The van der Waals surface area contributed by atoms with Gasteiger partial charge in [-0.05, 0) is 19.3 Å². The largest absolute Gasteiger partial charge is 0.382 e. The van der Waals surface area contributed by atoms with Crippen LogP contribution in [0.3, 0.4) is 0 Å². The molecule has 240 valence electrons. The molecule has 0 rings (SSSR count). The van der Waals surface area contributed by atoms with Gasteiger partial charge in [-0.25, -0.2) is 0 Å². The highest BCUT2D eigenvalue weighted by Gasteiger charge is 2.33. The van der Waals surface area contributed by atoms with Crippen molar-refractivity contribution >= 4 is 5.78 Å². The number of carbonyl (C=O) groups is 1. The first-order valence-corrected chi connectivity index (χ1v) is 18.9. The molecule has 0 aliphatic heterocycles. The lowest BCUT2D eigenvalue weighted by Gasteiger charge is -2.27. The van der Waals surface area contributed by atoms with Crippen LogP contribution < -0.4 is 0 Å². The zero-order valence-electron chi connectivity index (χ0n) is 28.2. The molecular formula is C38H76O2. The fourth-order valence-electron chi connectivity index (χ4n) is 6.22. The van der Waals surface area contributed by atoms with Gasteiger partial charge in [0.25, 0.3) is 0 Å². The van der Waals surface area contributed by atoms with Crippen molar-refractivity contribution in [3.63, 3.8) is 0 Å². The third-order valence-electron chi connectivity index (χ3n) is 9.16. The second-order valence-corrected chi connectivity index (χ2v) is 13.3. The molecule has 1 N–H and O–H groups in total. The van der Waals surface area contributed by atoms with Crippen LogP contribution in [-0.4, -0.2) is 16.5 Å². The molecule has 0 bridgehead atoms. The van der Waals surface area contributed by atoms with E-state index >= 15 is 0 Å². The number of ketones is 1. The summed E-state index contributed by atoms with van der Waals surface area (Å²) >= 11 is 0. The molecule has 0 radical (unpaired) electrons. The predicted molar refractivity (Wildman–Crippen MR) is 179 cm³/mol. The summed E-state index contributed by atoms with van der Waals surface area (Å²) in [4.78, 5) is 13.2.